The maximum Gasteiger partial charge on any atom is 0.121 e. The molecule has 7 heteroatoms. The zero-order chi connectivity index (χ0) is 17.6. The first kappa shape index (κ1) is 17.6. The first-order valence-corrected chi connectivity index (χ1v) is 9.09. The Labute approximate surface area is 150 Å². The molecular formula is C18H21FN4OS. The fourth-order valence-electron chi connectivity index (χ4n) is 2.58. The van der Waals surface area contributed by atoms with Gasteiger partial charge in [-0.05, 0) is 34.8 Å². The van der Waals surface area contributed by atoms with E-state index in [1.54, 1.807) is 12.3 Å². The first-order valence-electron chi connectivity index (χ1n) is 8.04. The molecule has 4 N–H and O–H groups in total. The molecular weight excluding hydrogens is 339 g/mol. The number of hydrogen-bond donors (Lipinski definition) is 3. The lowest BCUT2D eigenvalue weighted by atomic mass is 9.99. The molecule has 0 radical (unpaired) electrons. The molecule has 1 aliphatic heterocycles. The molecule has 3 rings (SSSR count). The molecule has 1 aromatic heterocycles. The van der Waals surface area contributed by atoms with Crippen LogP contribution < -0.4 is 11.1 Å². The van der Waals surface area contributed by atoms with Gasteiger partial charge >= 0.3 is 0 Å². The molecule has 2 heterocycles. The van der Waals surface area contributed by atoms with Gasteiger partial charge in [-0.25, -0.2) is 0 Å². The summed E-state index contributed by atoms with van der Waals surface area (Å²) in [5, 5.41) is 5.46. The molecule has 0 saturated heterocycles. The number of nitrogens with one attached hydrogen (secondary N) is 2. The number of halogens is 1. The molecule has 0 unspecified atom stereocenters. The summed E-state index contributed by atoms with van der Waals surface area (Å²) < 4.78 is 12.9. The van der Waals surface area contributed by atoms with Gasteiger partial charge in [-0.1, -0.05) is 30.3 Å². The Hall–Kier alpha value is -2.22. The zero-order valence-corrected chi connectivity index (χ0v) is 14.8. The van der Waals surface area contributed by atoms with E-state index >= 15 is 0 Å². The normalized spacial score (nSPS) is 14.2. The number of hydroxylamine groups is 1. The fourth-order valence-corrected chi connectivity index (χ4v) is 3.13. The number of rotatable bonds is 7. The number of thioether (sulfide) groups is 1. The summed E-state index contributed by atoms with van der Waals surface area (Å²) in [5.41, 5.74) is 11.1. The van der Waals surface area contributed by atoms with Crippen LogP contribution in [0.5, 0.6) is 0 Å². The van der Waals surface area contributed by atoms with E-state index in [2.05, 4.69) is 28.5 Å². The molecule has 5 nitrogen and oxygen atoms in total. The second-order valence-corrected chi connectivity index (χ2v) is 6.31. The molecule has 1 aliphatic rings. The number of anilines is 1. The zero-order valence-electron chi connectivity index (χ0n) is 14.0. The minimum atomic E-state index is 0.168. The Balaban J connectivity index is 1.75. The average Bonchev–Trinajstić information content (AvgIpc) is 3.08. The van der Waals surface area contributed by atoms with Crippen molar-refractivity contribution in [3.63, 3.8) is 0 Å². The van der Waals surface area contributed by atoms with Crippen molar-refractivity contribution in [3.8, 4) is 0 Å². The highest BCUT2D eigenvalue weighted by atomic mass is 32.2. The smallest absolute Gasteiger partial charge is 0.121 e. The third-order valence-corrected chi connectivity index (χ3v) is 4.53. The van der Waals surface area contributed by atoms with Gasteiger partial charge in [-0.3, -0.25) is 4.84 Å². The van der Waals surface area contributed by atoms with Crippen molar-refractivity contribution in [2.75, 3.05) is 24.3 Å². The number of nitrogens with zero attached hydrogens (tertiary/aromatic N) is 1. The number of hydrogen-bond acceptors (Lipinski definition) is 5. The number of aromatic amines is 1. The summed E-state index contributed by atoms with van der Waals surface area (Å²) in [4.78, 5) is 8.06. The molecule has 0 aliphatic carbocycles. The summed E-state index contributed by atoms with van der Waals surface area (Å²) in [6, 6.07) is 10.2. The lowest BCUT2D eigenvalue weighted by Gasteiger charge is -2.17. The van der Waals surface area contributed by atoms with E-state index < -0.39 is 0 Å². The van der Waals surface area contributed by atoms with Crippen LogP contribution in [0.25, 0.3) is 17.3 Å². The molecule has 25 heavy (non-hydrogen) atoms. The third-order valence-electron chi connectivity index (χ3n) is 3.87. The van der Waals surface area contributed by atoms with E-state index in [1.165, 1.54) is 22.9 Å². The van der Waals surface area contributed by atoms with Crippen LogP contribution in [0.15, 0.2) is 41.9 Å². The third kappa shape index (κ3) is 4.25. The van der Waals surface area contributed by atoms with Gasteiger partial charge in [-0.2, -0.15) is 0 Å². The SMILES string of the molecule is CCN(F)OCS/C=C(\N)c1c[nH]c2c1C=C(c1ccccc1)CN2. The van der Waals surface area contributed by atoms with E-state index in [1.807, 2.05) is 24.4 Å². The summed E-state index contributed by atoms with van der Waals surface area (Å²) in [7, 11) is 0. The monoisotopic (exact) mass is 360 g/mol. The maximum atomic E-state index is 12.9. The Morgan fingerprint density at radius 1 is 1.40 bits per heavy atom. The van der Waals surface area contributed by atoms with Gasteiger partial charge in [0.25, 0.3) is 0 Å². The fraction of sp³-hybridized carbons (Fsp3) is 0.222. The Morgan fingerprint density at radius 3 is 2.96 bits per heavy atom. The maximum absolute atomic E-state index is 12.9. The highest BCUT2D eigenvalue weighted by molar-refractivity contribution is 8.02. The minimum absolute atomic E-state index is 0.168. The summed E-state index contributed by atoms with van der Waals surface area (Å²) in [6.45, 7) is 2.61. The van der Waals surface area contributed by atoms with Gasteiger partial charge in [-0.15, -0.1) is 16.2 Å². The molecule has 0 saturated carbocycles. The van der Waals surface area contributed by atoms with Gasteiger partial charge in [0, 0.05) is 29.6 Å². The molecule has 132 valence electrons. The lowest BCUT2D eigenvalue weighted by molar-refractivity contribution is -0.263. The van der Waals surface area contributed by atoms with E-state index in [0.717, 1.165) is 23.5 Å². The average molecular weight is 360 g/mol. The van der Waals surface area contributed by atoms with Gasteiger partial charge in [0.1, 0.15) is 11.8 Å². The largest absolute Gasteiger partial charge is 0.398 e. The molecule has 0 spiro atoms. The Bertz CT molecular complexity index is 773. The molecule has 1 aromatic carbocycles. The number of nitrogens with two attached hydrogens (primary N) is 1. The van der Waals surface area contributed by atoms with Crippen LogP contribution in [-0.2, 0) is 4.84 Å². The second-order valence-electron chi connectivity index (χ2n) is 5.50. The van der Waals surface area contributed by atoms with Crippen LogP contribution in [-0.4, -0.2) is 29.3 Å². The van der Waals surface area contributed by atoms with Crippen molar-refractivity contribution in [2.45, 2.75) is 6.92 Å². The summed E-state index contributed by atoms with van der Waals surface area (Å²) in [5.74, 6) is 1.12. The van der Waals surface area contributed by atoms with Crippen LogP contribution in [0.1, 0.15) is 23.6 Å². The minimum Gasteiger partial charge on any atom is -0.398 e. The number of benzene rings is 1. The topological polar surface area (TPSA) is 66.3 Å². The van der Waals surface area contributed by atoms with Crippen molar-refractivity contribution in [2.24, 2.45) is 5.73 Å². The van der Waals surface area contributed by atoms with Gasteiger partial charge in [0.2, 0.25) is 0 Å². The van der Waals surface area contributed by atoms with Crippen molar-refractivity contribution in [1.82, 2.24) is 10.3 Å². The summed E-state index contributed by atoms with van der Waals surface area (Å²) in [6.07, 6.45) is 4.03. The lowest BCUT2D eigenvalue weighted by Crippen LogP contribution is -2.12. The van der Waals surface area contributed by atoms with Crippen molar-refractivity contribution in [3.05, 3.63) is 58.6 Å². The quantitative estimate of drug-likeness (QED) is 0.301. The van der Waals surface area contributed by atoms with E-state index in [-0.39, 0.29) is 12.5 Å². The second kappa shape index (κ2) is 8.24. The molecule has 2 aromatic rings. The molecule has 0 atom stereocenters. The van der Waals surface area contributed by atoms with Crippen LogP contribution in [0.2, 0.25) is 0 Å². The molecule has 0 bridgehead atoms. The van der Waals surface area contributed by atoms with Gasteiger partial charge in [0.15, 0.2) is 0 Å². The van der Waals surface area contributed by atoms with E-state index in [4.69, 9.17) is 10.6 Å². The van der Waals surface area contributed by atoms with Crippen LogP contribution in [0, 0.1) is 0 Å². The Morgan fingerprint density at radius 2 is 2.20 bits per heavy atom. The molecule has 0 amide bonds. The summed E-state index contributed by atoms with van der Waals surface area (Å²) >= 11 is 1.31. The van der Waals surface area contributed by atoms with Gasteiger partial charge in [0.05, 0.1) is 6.54 Å². The number of aromatic nitrogens is 1. The predicted octanol–water partition coefficient (Wildman–Crippen LogP) is 4.07. The highest BCUT2D eigenvalue weighted by Gasteiger charge is 2.17. The Kier molecular flexibility index (Phi) is 5.80. The number of fused-ring (bicyclic) bond motifs is 1. The van der Waals surface area contributed by atoms with Crippen LogP contribution in [0.4, 0.5) is 10.3 Å². The van der Waals surface area contributed by atoms with Crippen LogP contribution >= 0.6 is 11.8 Å². The van der Waals surface area contributed by atoms with E-state index in [0.29, 0.717) is 11.0 Å². The van der Waals surface area contributed by atoms with Gasteiger partial charge < -0.3 is 16.0 Å². The highest BCUT2D eigenvalue weighted by Crippen LogP contribution is 2.32. The predicted molar refractivity (Wildman–Crippen MR) is 103 cm³/mol. The standard InChI is InChI=1S/C18H21FN4OS/c1-2-23(19)24-12-25-11-17(20)16-10-22-18-15(16)8-14(9-21-18)13-6-4-3-5-7-13/h3-8,10-11,21-22H,2,9,12,20H2,1H3/b17-11-. The van der Waals surface area contributed by atoms with Crippen LogP contribution in [0.3, 0.4) is 0 Å². The first-order chi connectivity index (χ1) is 12.2. The van der Waals surface area contributed by atoms with Crippen molar-refractivity contribution in [1.29, 1.82) is 0 Å². The van der Waals surface area contributed by atoms with Crippen molar-refractivity contribution < 1.29 is 9.32 Å². The molecule has 0 fully saturated rings. The number of H-pyrrole nitrogens is 1. The van der Waals surface area contributed by atoms with Crippen molar-refractivity contribution >= 4 is 34.9 Å². The van der Waals surface area contributed by atoms with E-state index in [9.17, 15) is 4.48 Å².